The maximum absolute atomic E-state index is 14.4. The zero-order chi connectivity index (χ0) is 13.7. The molecule has 1 aromatic rings. The van der Waals surface area contributed by atoms with Crippen molar-refractivity contribution in [3.8, 4) is 0 Å². The monoisotopic (exact) mass is 267 g/mol. The number of nitrogens with one attached hydrogen (secondary N) is 1. The molecule has 0 aromatic carbocycles. The highest BCUT2D eigenvalue weighted by Crippen LogP contribution is 2.21. The normalized spacial score (nSPS) is 19.7. The summed E-state index contributed by atoms with van der Waals surface area (Å²) in [6.07, 6.45) is 2.85. The summed E-state index contributed by atoms with van der Waals surface area (Å²) in [7, 11) is 0. The minimum atomic E-state index is -0.208. The Bertz CT molecular complexity index is 414. The lowest BCUT2D eigenvalue weighted by Gasteiger charge is -2.32. The summed E-state index contributed by atoms with van der Waals surface area (Å²) >= 11 is 0. The first-order chi connectivity index (χ1) is 9.22. The van der Waals surface area contributed by atoms with E-state index < -0.39 is 0 Å². The van der Waals surface area contributed by atoms with Gasteiger partial charge >= 0.3 is 0 Å². The fourth-order valence-electron chi connectivity index (χ4n) is 2.24. The van der Waals surface area contributed by atoms with Gasteiger partial charge in [-0.25, -0.2) is 9.37 Å². The van der Waals surface area contributed by atoms with E-state index in [4.69, 9.17) is 4.74 Å². The Hall–Kier alpha value is -1.20. The van der Waals surface area contributed by atoms with Gasteiger partial charge in [0.25, 0.3) is 0 Å². The molecule has 1 aromatic heterocycles. The van der Waals surface area contributed by atoms with Crippen molar-refractivity contribution in [1.82, 2.24) is 10.3 Å². The van der Waals surface area contributed by atoms with E-state index in [1.54, 1.807) is 12.3 Å². The Labute approximate surface area is 114 Å². The number of morpholine rings is 1. The van der Waals surface area contributed by atoms with Crippen molar-refractivity contribution in [2.75, 3.05) is 31.1 Å². The number of anilines is 1. The first-order valence-electron chi connectivity index (χ1n) is 6.93. The van der Waals surface area contributed by atoms with Crippen molar-refractivity contribution in [2.24, 2.45) is 0 Å². The van der Waals surface area contributed by atoms with Gasteiger partial charge in [0.1, 0.15) is 0 Å². The molecule has 1 unspecified atom stereocenters. The SMILES string of the molecule is CCCNCc1ccnc(N2CCOC(C)C2)c1F. The van der Waals surface area contributed by atoms with Crippen LogP contribution in [-0.4, -0.2) is 37.3 Å². The fourth-order valence-corrected chi connectivity index (χ4v) is 2.24. The van der Waals surface area contributed by atoms with E-state index >= 15 is 0 Å². The van der Waals surface area contributed by atoms with Gasteiger partial charge in [0.2, 0.25) is 0 Å². The molecule has 0 saturated carbocycles. The van der Waals surface area contributed by atoms with Crippen LogP contribution in [0.3, 0.4) is 0 Å². The third-order valence-corrected chi connectivity index (χ3v) is 3.23. The van der Waals surface area contributed by atoms with Crippen LogP contribution in [0.15, 0.2) is 12.3 Å². The first-order valence-corrected chi connectivity index (χ1v) is 6.93. The van der Waals surface area contributed by atoms with Gasteiger partial charge in [-0.15, -0.1) is 0 Å². The van der Waals surface area contributed by atoms with Crippen LogP contribution in [0.1, 0.15) is 25.8 Å². The lowest BCUT2D eigenvalue weighted by atomic mass is 10.2. The first kappa shape index (κ1) is 14.2. The number of pyridine rings is 1. The molecular formula is C14H22FN3O. The highest BCUT2D eigenvalue weighted by molar-refractivity contribution is 5.43. The van der Waals surface area contributed by atoms with Crippen molar-refractivity contribution in [3.05, 3.63) is 23.6 Å². The second-order valence-electron chi connectivity index (χ2n) is 4.91. The summed E-state index contributed by atoms with van der Waals surface area (Å²) < 4.78 is 19.9. The van der Waals surface area contributed by atoms with Gasteiger partial charge in [-0.2, -0.15) is 0 Å². The highest BCUT2D eigenvalue weighted by atomic mass is 19.1. The van der Waals surface area contributed by atoms with Crippen LogP contribution in [0.25, 0.3) is 0 Å². The summed E-state index contributed by atoms with van der Waals surface area (Å²) in [6.45, 7) is 7.55. The second kappa shape index (κ2) is 6.82. The van der Waals surface area contributed by atoms with Crippen LogP contribution in [0, 0.1) is 5.82 Å². The summed E-state index contributed by atoms with van der Waals surface area (Å²) in [5.41, 5.74) is 0.678. The fraction of sp³-hybridized carbons (Fsp3) is 0.643. The molecule has 2 heterocycles. The average molecular weight is 267 g/mol. The zero-order valence-electron chi connectivity index (χ0n) is 11.7. The molecule has 2 rings (SSSR count). The van der Waals surface area contributed by atoms with Gasteiger partial charge in [0.15, 0.2) is 11.6 Å². The Morgan fingerprint density at radius 3 is 3.16 bits per heavy atom. The van der Waals surface area contributed by atoms with Crippen LogP contribution in [-0.2, 0) is 11.3 Å². The predicted octanol–water partition coefficient (Wildman–Crippen LogP) is 1.95. The summed E-state index contributed by atoms with van der Waals surface area (Å²) in [4.78, 5) is 6.16. The number of hydrogen-bond donors (Lipinski definition) is 1. The van der Waals surface area contributed by atoms with Crippen molar-refractivity contribution in [1.29, 1.82) is 0 Å². The molecule has 0 bridgehead atoms. The number of rotatable bonds is 5. The lowest BCUT2D eigenvalue weighted by Crippen LogP contribution is -2.42. The Balaban J connectivity index is 2.10. The van der Waals surface area contributed by atoms with E-state index in [-0.39, 0.29) is 11.9 Å². The number of aromatic nitrogens is 1. The maximum atomic E-state index is 14.4. The molecule has 1 aliphatic heterocycles. The smallest absolute Gasteiger partial charge is 0.170 e. The molecule has 0 aliphatic carbocycles. The number of nitrogens with zero attached hydrogens (tertiary/aromatic N) is 2. The Kier molecular flexibility index (Phi) is 5.10. The second-order valence-corrected chi connectivity index (χ2v) is 4.91. The third kappa shape index (κ3) is 3.64. The van der Waals surface area contributed by atoms with Crippen LogP contribution >= 0.6 is 0 Å². The van der Waals surface area contributed by atoms with Crippen molar-refractivity contribution < 1.29 is 9.13 Å². The van der Waals surface area contributed by atoms with Gasteiger partial charge in [-0.1, -0.05) is 6.92 Å². The van der Waals surface area contributed by atoms with Gasteiger partial charge in [0, 0.05) is 31.4 Å². The number of ether oxygens (including phenoxy) is 1. The maximum Gasteiger partial charge on any atom is 0.170 e. The van der Waals surface area contributed by atoms with Gasteiger partial charge in [-0.05, 0) is 26.0 Å². The molecule has 1 N–H and O–H groups in total. The Morgan fingerprint density at radius 1 is 1.58 bits per heavy atom. The van der Waals surface area contributed by atoms with Gasteiger partial charge in [0.05, 0.1) is 12.7 Å². The summed E-state index contributed by atoms with van der Waals surface area (Å²) in [5.74, 6) is 0.242. The zero-order valence-corrected chi connectivity index (χ0v) is 11.7. The minimum Gasteiger partial charge on any atom is -0.375 e. The van der Waals surface area contributed by atoms with Crippen molar-refractivity contribution in [2.45, 2.75) is 32.9 Å². The van der Waals surface area contributed by atoms with Crippen LogP contribution in [0.2, 0.25) is 0 Å². The average Bonchev–Trinajstić information content (AvgIpc) is 2.41. The molecule has 0 spiro atoms. The Morgan fingerprint density at radius 2 is 2.42 bits per heavy atom. The van der Waals surface area contributed by atoms with E-state index in [0.717, 1.165) is 13.0 Å². The van der Waals surface area contributed by atoms with E-state index in [1.807, 2.05) is 11.8 Å². The van der Waals surface area contributed by atoms with Gasteiger partial charge in [-0.3, -0.25) is 0 Å². The molecular weight excluding hydrogens is 245 g/mol. The molecule has 1 atom stereocenters. The molecule has 0 amide bonds. The minimum absolute atomic E-state index is 0.122. The molecule has 106 valence electrons. The van der Waals surface area contributed by atoms with Crippen molar-refractivity contribution in [3.63, 3.8) is 0 Å². The van der Waals surface area contributed by atoms with Crippen LogP contribution in [0.5, 0.6) is 0 Å². The highest BCUT2D eigenvalue weighted by Gasteiger charge is 2.21. The molecule has 1 fully saturated rings. The van der Waals surface area contributed by atoms with E-state index in [9.17, 15) is 4.39 Å². The number of hydrogen-bond acceptors (Lipinski definition) is 4. The third-order valence-electron chi connectivity index (χ3n) is 3.23. The standard InChI is InChI=1S/C14H22FN3O/c1-3-5-16-9-12-4-6-17-14(13(12)15)18-7-8-19-11(2)10-18/h4,6,11,16H,3,5,7-10H2,1-2H3. The molecule has 5 heteroatoms. The van der Waals surface area contributed by atoms with Gasteiger partial charge < -0.3 is 15.0 Å². The largest absolute Gasteiger partial charge is 0.375 e. The summed E-state index contributed by atoms with van der Waals surface area (Å²) in [5, 5.41) is 3.22. The van der Waals surface area contributed by atoms with E-state index in [2.05, 4.69) is 17.2 Å². The summed E-state index contributed by atoms with van der Waals surface area (Å²) in [6, 6.07) is 1.74. The molecule has 4 nitrogen and oxygen atoms in total. The molecule has 19 heavy (non-hydrogen) atoms. The van der Waals surface area contributed by atoms with E-state index in [1.165, 1.54) is 0 Å². The van der Waals surface area contributed by atoms with Crippen LogP contribution in [0.4, 0.5) is 10.2 Å². The molecule has 0 radical (unpaired) electrons. The predicted molar refractivity (Wildman–Crippen MR) is 73.8 cm³/mol. The quantitative estimate of drug-likeness (QED) is 0.827. The lowest BCUT2D eigenvalue weighted by molar-refractivity contribution is 0.0527. The molecule has 1 saturated heterocycles. The topological polar surface area (TPSA) is 37.4 Å². The van der Waals surface area contributed by atoms with Crippen molar-refractivity contribution >= 4 is 5.82 Å². The van der Waals surface area contributed by atoms with Crippen LogP contribution < -0.4 is 10.2 Å². The van der Waals surface area contributed by atoms with E-state index in [0.29, 0.717) is 37.6 Å². The number of halogens is 1. The molecule has 1 aliphatic rings.